The fraction of sp³-hybridized carbons (Fsp3) is 0.429. The normalized spacial score (nSPS) is 11.4. The van der Waals surface area contributed by atoms with Crippen LogP contribution >= 0.6 is 0 Å². The third kappa shape index (κ3) is 5.40. The number of nitriles is 1. The molecule has 0 aromatic heterocycles. The number of carbonyl (C=O) groups excluding carboxylic acids is 1. The Kier molecular flexibility index (Phi) is 6.41. The quantitative estimate of drug-likeness (QED) is 0.735. The van der Waals surface area contributed by atoms with Gasteiger partial charge in [0.15, 0.2) is 0 Å². The van der Waals surface area contributed by atoms with Gasteiger partial charge in [-0.2, -0.15) is 5.26 Å². The van der Waals surface area contributed by atoms with Crippen LogP contribution in [0.2, 0.25) is 0 Å². The average molecular weight is 261 g/mol. The van der Waals surface area contributed by atoms with E-state index >= 15 is 0 Å². The molecule has 0 radical (unpaired) electrons. The molecule has 0 unspecified atom stereocenters. The van der Waals surface area contributed by atoms with Crippen LogP contribution in [-0.2, 0) is 4.79 Å². The highest BCUT2D eigenvalue weighted by molar-refractivity contribution is 5.94. The van der Waals surface area contributed by atoms with Crippen LogP contribution in [0.3, 0.4) is 0 Å². The topological polar surface area (TPSA) is 88.1 Å². The predicted molar refractivity (Wildman–Crippen MR) is 73.7 cm³/mol. The first-order chi connectivity index (χ1) is 9.17. The van der Waals surface area contributed by atoms with Crippen LogP contribution in [0.15, 0.2) is 24.3 Å². The van der Waals surface area contributed by atoms with Crippen molar-refractivity contribution in [3.8, 4) is 11.8 Å². The van der Waals surface area contributed by atoms with E-state index in [-0.39, 0.29) is 5.91 Å². The van der Waals surface area contributed by atoms with E-state index in [4.69, 9.17) is 15.7 Å². The third-order valence-corrected chi connectivity index (χ3v) is 2.58. The molecule has 0 spiro atoms. The van der Waals surface area contributed by atoms with Crippen LogP contribution in [0.1, 0.15) is 26.2 Å². The lowest BCUT2D eigenvalue weighted by atomic mass is 10.2. The van der Waals surface area contributed by atoms with Crippen molar-refractivity contribution in [1.29, 1.82) is 5.26 Å². The third-order valence-electron chi connectivity index (χ3n) is 2.58. The number of amides is 1. The number of benzene rings is 1. The molecule has 1 rings (SSSR count). The van der Waals surface area contributed by atoms with E-state index in [1.54, 1.807) is 18.2 Å². The van der Waals surface area contributed by atoms with Crippen molar-refractivity contribution < 1.29 is 9.53 Å². The second-order valence-corrected chi connectivity index (χ2v) is 4.14. The van der Waals surface area contributed by atoms with E-state index in [0.717, 1.165) is 0 Å². The highest BCUT2D eigenvalue weighted by atomic mass is 16.5. The number of unbranched alkanes of at least 4 members (excludes halogenated alkanes) is 1. The van der Waals surface area contributed by atoms with E-state index < -0.39 is 6.04 Å². The van der Waals surface area contributed by atoms with Crippen LogP contribution in [0.25, 0.3) is 0 Å². The van der Waals surface area contributed by atoms with E-state index in [0.29, 0.717) is 37.3 Å². The van der Waals surface area contributed by atoms with E-state index in [1.165, 1.54) is 0 Å². The number of rotatable bonds is 7. The summed E-state index contributed by atoms with van der Waals surface area (Å²) >= 11 is 0. The van der Waals surface area contributed by atoms with Crippen molar-refractivity contribution in [2.75, 3.05) is 11.9 Å². The molecule has 102 valence electrons. The summed E-state index contributed by atoms with van der Waals surface area (Å²) in [6.07, 6.45) is 1.76. The molecule has 5 heteroatoms. The summed E-state index contributed by atoms with van der Waals surface area (Å²) in [5.74, 6) is 0.463. The van der Waals surface area contributed by atoms with Crippen LogP contribution in [0, 0.1) is 11.3 Å². The highest BCUT2D eigenvalue weighted by Gasteiger charge is 2.10. The minimum Gasteiger partial charge on any atom is -0.493 e. The van der Waals surface area contributed by atoms with E-state index in [2.05, 4.69) is 11.4 Å². The van der Waals surface area contributed by atoms with Gasteiger partial charge in [0, 0.05) is 18.2 Å². The molecule has 19 heavy (non-hydrogen) atoms. The Bertz CT molecular complexity index is 454. The lowest BCUT2D eigenvalue weighted by Gasteiger charge is -2.11. The molecule has 0 fully saturated rings. The number of nitrogens with one attached hydrogen (secondary N) is 1. The highest BCUT2D eigenvalue weighted by Crippen LogP contribution is 2.17. The lowest BCUT2D eigenvalue weighted by molar-refractivity contribution is -0.117. The maximum Gasteiger partial charge on any atom is 0.241 e. The molecule has 0 saturated heterocycles. The summed E-state index contributed by atoms with van der Waals surface area (Å²) in [5, 5.41) is 11.2. The molecule has 1 atom stereocenters. The van der Waals surface area contributed by atoms with Gasteiger partial charge in [-0.25, -0.2) is 0 Å². The standard InChI is InChI=1S/C14H19N3O2/c1-2-13(16)14(18)17-11-6-5-7-12(10-11)19-9-4-3-8-15/h5-7,10,13H,2-4,9,16H2,1H3,(H,17,18)/t13-/m0/s1. The number of carbonyl (C=O) groups is 1. The SMILES string of the molecule is CC[C@H](N)C(=O)Nc1cccc(OCCCC#N)c1. The molecule has 1 amide bonds. The van der Waals surface area contributed by atoms with Gasteiger partial charge in [-0.15, -0.1) is 0 Å². The number of anilines is 1. The Balaban J connectivity index is 2.52. The van der Waals surface area contributed by atoms with Gasteiger partial charge in [-0.3, -0.25) is 4.79 Å². The predicted octanol–water partition coefficient (Wildman–Crippen LogP) is 2.04. The minimum atomic E-state index is -0.500. The van der Waals surface area contributed by atoms with Crippen LogP contribution in [0.4, 0.5) is 5.69 Å². The fourth-order valence-corrected chi connectivity index (χ4v) is 1.43. The van der Waals surface area contributed by atoms with Crippen molar-refractivity contribution >= 4 is 11.6 Å². The lowest BCUT2D eigenvalue weighted by Crippen LogP contribution is -2.34. The molecule has 1 aromatic rings. The molecule has 3 N–H and O–H groups in total. The van der Waals surface area contributed by atoms with Crippen molar-refractivity contribution in [3.63, 3.8) is 0 Å². The smallest absolute Gasteiger partial charge is 0.241 e. The molecule has 0 aliphatic rings. The molecular weight excluding hydrogens is 242 g/mol. The van der Waals surface area contributed by atoms with Gasteiger partial charge in [0.25, 0.3) is 0 Å². The zero-order chi connectivity index (χ0) is 14.1. The van der Waals surface area contributed by atoms with Crippen molar-refractivity contribution in [2.45, 2.75) is 32.2 Å². The first kappa shape index (κ1) is 15.0. The van der Waals surface area contributed by atoms with Crippen molar-refractivity contribution in [1.82, 2.24) is 0 Å². The van der Waals surface area contributed by atoms with E-state index in [1.807, 2.05) is 13.0 Å². The summed E-state index contributed by atoms with van der Waals surface area (Å²) in [6, 6.07) is 8.69. The number of nitrogens with two attached hydrogens (primary N) is 1. The van der Waals surface area contributed by atoms with Gasteiger partial charge in [-0.1, -0.05) is 13.0 Å². The zero-order valence-corrected chi connectivity index (χ0v) is 11.1. The summed E-state index contributed by atoms with van der Waals surface area (Å²) in [7, 11) is 0. The molecule has 0 bridgehead atoms. The Morgan fingerprint density at radius 2 is 2.37 bits per heavy atom. The monoisotopic (exact) mass is 261 g/mol. The Labute approximate surface area is 113 Å². The summed E-state index contributed by atoms with van der Waals surface area (Å²) in [6.45, 7) is 2.35. The molecule has 0 aliphatic heterocycles. The molecule has 0 aliphatic carbocycles. The summed E-state index contributed by atoms with van der Waals surface area (Å²) in [4.78, 5) is 11.6. The maximum atomic E-state index is 11.6. The average Bonchev–Trinajstić information content (AvgIpc) is 2.43. The first-order valence-electron chi connectivity index (χ1n) is 6.33. The number of hydrogen-bond donors (Lipinski definition) is 2. The van der Waals surface area contributed by atoms with Gasteiger partial charge in [0.1, 0.15) is 5.75 Å². The number of ether oxygens (including phenoxy) is 1. The number of hydrogen-bond acceptors (Lipinski definition) is 4. The Hall–Kier alpha value is -2.06. The van der Waals surface area contributed by atoms with Gasteiger partial charge < -0.3 is 15.8 Å². The number of nitrogens with zero attached hydrogens (tertiary/aromatic N) is 1. The minimum absolute atomic E-state index is 0.205. The van der Waals surface area contributed by atoms with Crippen molar-refractivity contribution in [3.05, 3.63) is 24.3 Å². The summed E-state index contributed by atoms with van der Waals surface area (Å²) in [5.41, 5.74) is 6.30. The van der Waals surface area contributed by atoms with Crippen LogP contribution in [-0.4, -0.2) is 18.6 Å². The Morgan fingerprint density at radius 3 is 3.05 bits per heavy atom. The van der Waals surface area contributed by atoms with Gasteiger partial charge >= 0.3 is 0 Å². The van der Waals surface area contributed by atoms with Crippen LogP contribution in [0.5, 0.6) is 5.75 Å². The van der Waals surface area contributed by atoms with Gasteiger partial charge in [0.2, 0.25) is 5.91 Å². The fourth-order valence-electron chi connectivity index (χ4n) is 1.43. The van der Waals surface area contributed by atoms with Gasteiger partial charge in [0.05, 0.1) is 18.7 Å². The first-order valence-corrected chi connectivity index (χ1v) is 6.33. The molecule has 0 heterocycles. The second kappa shape index (κ2) is 8.11. The maximum absolute atomic E-state index is 11.6. The van der Waals surface area contributed by atoms with Crippen molar-refractivity contribution in [2.24, 2.45) is 5.73 Å². The summed E-state index contributed by atoms with van der Waals surface area (Å²) < 4.78 is 5.48. The molecule has 5 nitrogen and oxygen atoms in total. The zero-order valence-electron chi connectivity index (χ0n) is 11.1. The molecule has 0 saturated carbocycles. The Morgan fingerprint density at radius 1 is 1.58 bits per heavy atom. The molecular formula is C14H19N3O2. The second-order valence-electron chi connectivity index (χ2n) is 4.14. The largest absolute Gasteiger partial charge is 0.493 e. The van der Waals surface area contributed by atoms with E-state index in [9.17, 15) is 4.79 Å². The van der Waals surface area contributed by atoms with Crippen LogP contribution < -0.4 is 15.8 Å². The molecule has 1 aromatic carbocycles. The van der Waals surface area contributed by atoms with Gasteiger partial charge in [-0.05, 0) is 25.0 Å².